The Bertz CT molecular complexity index is 2140. The molecule has 10 heteroatoms. The first-order chi connectivity index (χ1) is 28.3. The summed E-state index contributed by atoms with van der Waals surface area (Å²) in [5.41, 5.74) is -5.30. The Labute approximate surface area is 346 Å². The molecule has 0 amide bonds. The Morgan fingerprint density at radius 1 is 0.983 bits per heavy atom. The number of aliphatic hydroxyl groups excluding tert-OH is 3. The number of allylic oxidation sites excluding steroid dienone is 4. The molecule has 20 atom stereocenters. The van der Waals surface area contributed by atoms with Crippen molar-refractivity contribution >= 4 is 12.3 Å². The van der Waals surface area contributed by atoms with Gasteiger partial charge in [-0.15, -0.1) is 0 Å². The molecular formula is C49H59NO9. The lowest BCUT2D eigenvalue weighted by Gasteiger charge is -2.76. The lowest BCUT2D eigenvalue weighted by Crippen LogP contribution is -2.88. The third-order valence-corrected chi connectivity index (χ3v) is 19.2. The van der Waals surface area contributed by atoms with Crippen molar-refractivity contribution in [1.29, 1.82) is 0 Å². The van der Waals surface area contributed by atoms with E-state index in [0.717, 1.165) is 35.0 Å². The third kappa shape index (κ3) is 4.53. The summed E-state index contributed by atoms with van der Waals surface area (Å²) in [6.07, 6.45) is 12.0. The lowest BCUT2D eigenvalue weighted by molar-refractivity contribution is -0.390. The fraction of sp³-hybridized carbons (Fsp3) is 0.673. The minimum Gasteiger partial charge on any atom is -0.454 e. The number of benzene rings is 1. The largest absolute Gasteiger partial charge is 0.454 e. The van der Waals surface area contributed by atoms with Crippen LogP contribution in [-0.2, 0) is 27.4 Å². The number of aliphatic hydroxyl groups is 6. The van der Waals surface area contributed by atoms with E-state index < -0.39 is 81.5 Å². The van der Waals surface area contributed by atoms with Crippen LogP contribution in [-0.4, -0.2) is 91.1 Å². The molecule has 6 saturated carbocycles. The van der Waals surface area contributed by atoms with Gasteiger partial charge in [-0.1, -0.05) is 55.2 Å². The number of carbonyl (C=O) groups is 2. The first kappa shape index (κ1) is 38.8. The number of likely N-dealkylation sites (N-methyl/N-ethyl adjacent to an activating group) is 1. The van der Waals surface area contributed by atoms with Crippen molar-refractivity contribution in [1.82, 2.24) is 5.32 Å². The fourth-order valence-electron chi connectivity index (χ4n) is 17.2. The minimum absolute atomic E-state index is 0.0279. The van der Waals surface area contributed by atoms with Crippen molar-refractivity contribution in [2.75, 3.05) is 7.05 Å². The van der Waals surface area contributed by atoms with E-state index in [0.29, 0.717) is 44.9 Å². The number of ether oxygens (including phenoxy) is 1. The zero-order chi connectivity index (χ0) is 41.0. The average molecular weight is 806 g/mol. The van der Waals surface area contributed by atoms with Gasteiger partial charge in [-0.2, -0.15) is 0 Å². The lowest BCUT2D eigenvalue weighted by atomic mass is 9.30. The van der Waals surface area contributed by atoms with Gasteiger partial charge in [0.15, 0.2) is 0 Å². The quantitative estimate of drug-likeness (QED) is 0.104. The number of aldehydes is 1. The first-order valence-electron chi connectivity index (χ1n) is 22.5. The van der Waals surface area contributed by atoms with Gasteiger partial charge in [0.1, 0.15) is 23.6 Å². The Hall–Kier alpha value is -3.14. The number of hydrogen-bond acceptors (Lipinski definition) is 10. The van der Waals surface area contributed by atoms with E-state index in [1.807, 2.05) is 37.4 Å². The van der Waals surface area contributed by atoms with E-state index >= 15 is 0 Å². The van der Waals surface area contributed by atoms with Gasteiger partial charge in [-0.3, -0.25) is 0 Å². The third-order valence-electron chi connectivity index (χ3n) is 19.2. The molecule has 0 radical (unpaired) electrons. The molecule has 1 spiro atoms. The van der Waals surface area contributed by atoms with Crippen LogP contribution < -0.4 is 5.32 Å². The highest BCUT2D eigenvalue weighted by molar-refractivity contribution is 5.86. The van der Waals surface area contributed by atoms with Crippen LogP contribution in [0.2, 0.25) is 0 Å². The average Bonchev–Trinajstić information content (AvgIpc) is 3.68. The first-order valence-corrected chi connectivity index (χ1v) is 22.5. The van der Waals surface area contributed by atoms with Crippen molar-refractivity contribution < 1.29 is 45.0 Å². The zero-order valence-electron chi connectivity index (χ0n) is 34.0. The summed E-state index contributed by atoms with van der Waals surface area (Å²) in [7, 11) is 1.90. The van der Waals surface area contributed by atoms with E-state index in [1.165, 1.54) is 0 Å². The molecule has 1 aliphatic heterocycles. The molecule has 0 aromatic heterocycles. The molecule has 11 aliphatic rings. The molecule has 0 unspecified atom stereocenters. The Balaban J connectivity index is 1.14. The van der Waals surface area contributed by atoms with E-state index in [4.69, 9.17) is 4.74 Å². The van der Waals surface area contributed by atoms with Gasteiger partial charge in [0.25, 0.3) is 0 Å². The summed E-state index contributed by atoms with van der Waals surface area (Å²) in [5.74, 6) is 2.05. The predicted molar refractivity (Wildman–Crippen MR) is 215 cm³/mol. The maximum Gasteiger partial charge on any atom is 0.331 e. The molecule has 59 heavy (non-hydrogen) atoms. The summed E-state index contributed by atoms with van der Waals surface area (Å²) >= 11 is 0. The van der Waals surface area contributed by atoms with E-state index in [-0.39, 0.29) is 61.0 Å². The highest BCUT2D eigenvalue weighted by Crippen LogP contribution is 2.80. The normalized spacial score (nSPS) is 53.3. The molecule has 6 fully saturated rings. The number of rotatable bonds is 3. The van der Waals surface area contributed by atoms with Crippen LogP contribution in [0.25, 0.3) is 0 Å². The molecule has 1 aromatic carbocycles. The van der Waals surface area contributed by atoms with Crippen LogP contribution in [0.1, 0.15) is 81.4 Å². The molecule has 1 aromatic rings. The number of hydrogen-bond donors (Lipinski definition) is 7. The molecule has 12 rings (SSSR count). The highest BCUT2D eigenvalue weighted by Gasteiger charge is 2.88. The van der Waals surface area contributed by atoms with Crippen LogP contribution in [0.15, 0.2) is 54.2 Å². The number of esters is 1. The minimum atomic E-state index is -2.24. The van der Waals surface area contributed by atoms with Crippen LogP contribution >= 0.6 is 0 Å². The van der Waals surface area contributed by atoms with Gasteiger partial charge < -0.3 is 45.5 Å². The second kappa shape index (κ2) is 12.9. The summed E-state index contributed by atoms with van der Waals surface area (Å²) < 4.78 is 6.25. The van der Waals surface area contributed by atoms with Crippen molar-refractivity contribution in [3.8, 4) is 11.8 Å². The van der Waals surface area contributed by atoms with Crippen LogP contribution in [0.5, 0.6) is 0 Å². The monoisotopic (exact) mass is 805 g/mol. The summed E-state index contributed by atoms with van der Waals surface area (Å²) in [6, 6.07) is 5.59. The SMILES string of the molecule is CN[C@@H]1Cc2c(cccc2CO)C#CCC[C@]23C[C@H]4C=C[C@H]5C[C@H](O)[C@@H]6C[C@H]7C=CC[C@H](C)[C@@H]7C[C@H]7[C@H](O)[C@](O)([C@H]4[C@]5(C=O)[C@@]67O)[C@@]2(O)C[C@@H]2C[C@@H]1[C@@H]1OC(=O)C=C1[C@@H]23. The Morgan fingerprint density at radius 3 is 2.59 bits per heavy atom. The van der Waals surface area contributed by atoms with Crippen molar-refractivity contribution in [3.05, 3.63) is 70.8 Å². The summed E-state index contributed by atoms with van der Waals surface area (Å²) in [5, 5.41) is 81.6. The predicted octanol–water partition coefficient (Wildman–Crippen LogP) is 3.14. The highest BCUT2D eigenvalue weighted by atomic mass is 16.5. The van der Waals surface area contributed by atoms with Crippen molar-refractivity contribution in [2.24, 2.45) is 75.9 Å². The number of carbonyl (C=O) groups excluding carboxylic acids is 2. The number of fused-ring (bicyclic) bond motifs is 5. The van der Waals surface area contributed by atoms with Crippen molar-refractivity contribution in [2.45, 2.75) is 119 Å². The van der Waals surface area contributed by atoms with Gasteiger partial charge in [0.2, 0.25) is 0 Å². The number of nitrogens with one attached hydrogen (secondary N) is 1. The van der Waals surface area contributed by atoms with Gasteiger partial charge in [0, 0.05) is 53.2 Å². The molecule has 4 bridgehead atoms. The standard InChI is InChI=1S/C49H59NO9/c1-25-7-5-10-27-16-36-39(53)17-31-13-12-28-21-45-14-4-3-8-26-9-6-11-29(23-51)33(26)19-38(50-2)34-15-30(41(45)35-20-40(54)59-42(34)35)22-47(45,56)49(58)43(28)46(31,24-52)48(36,57)37(44(49)55)18-32(25)27/h5-6,9-13,20,24-25,27-28,30-32,34,36-39,41-44,50-51,53,55-58H,4,7,14-19,21-23H2,1-2H3/t25-,27+,28+,30-,31-,32-,34-,36-,37-,38+,39-,41+,42-,43+,44-,45+,46+,47+,48+,49+/m0/s1. The fourth-order valence-corrected chi connectivity index (χ4v) is 17.2. The molecule has 10 nitrogen and oxygen atoms in total. The van der Waals surface area contributed by atoms with Crippen LogP contribution in [0, 0.1) is 87.8 Å². The smallest absolute Gasteiger partial charge is 0.331 e. The van der Waals surface area contributed by atoms with E-state index in [9.17, 15) is 40.2 Å². The molecule has 7 N–H and O–H groups in total. The second-order valence-corrected chi connectivity index (χ2v) is 20.8. The van der Waals surface area contributed by atoms with E-state index in [1.54, 1.807) is 6.08 Å². The van der Waals surface area contributed by atoms with Crippen molar-refractivity contribution in [3.63, 3.8) is 0 Å². The Morgan fingerprint density at radius 2 is 1.81 bits per heavy atom. The molecule has 10 aliphatic carbocycles. The molecule has 0 saturated heterocycles. The van der Waals surface area contributed by atoms with Crippen LogP contribution in [0.4, 0.5) is 0 Å². The zero-order valence-corrected chi connectivity index (χ0v) is 34.0. The molecular weight excluding hydrogens is 747 g/mol. The topological polar surface area (TPSA) is 177 Å². The van der Waals surface area contributed by atoms with Gasteiger partial charge >= 0.3 is 5.97 Å². The Kier molecular flexibility index (Phi) is 8.51. The molecule has 1 heterocycles. The van der Waals surface area contributed by atoms with Gasteiger partial charge in [-0.05, 0) is 129 Å². The van der Waals surface area contributed by atoms with Gasteiger partial charge in [-0.25, -0.2) is 4.79 Å². The van der Waals surface area contributed by atoms with E-state index in [2.05, 4.69) is 36.2 Å². The summed E-state index contributed by atoms with van der Waals surface area (Å²) in [6.45, 7) is 2.05. The maximum atomic E-state index is 14.4. The summed E-state index contributed by atoms with van der Waals surface area (Å²) in [4.78, 5) is 28.0. The second-order valence-electron chi connectivity index (χ2n) is 20.8. The maximum absolute atomic E-state index is 14.4. The van der Waals surface area contributed by atoms with Crippen LogP contribution in [0.3, 0.4) is 0 Å². The molecule has 314 valence electrons. The van der Waals surface area contributed by atoms with Gasteiger partial charge in [0.05, 0.1) is 29.8 Å².